The number of ether oxygens (including phenoxy) is 1. The fourth-order valence-electron chi connectivity index (χ4n) is 3.04. The van der Waals surface area contributed by atoms with Gasteiger partial charge in [0.05, 0.1) is 19.8 Å². The summed E-state index contributed by atoms with van der Waals surface area (Å²) in [5.41, 5.74) is 2.43. The molecule has 3 heterocycles. The Hall–Kier alpha value is -2.64. The summed E-state index contributed by atoms with van der Waals surface area (Å²) in [5, 5.41) is 7.91. The van der Waals surface area contributed by atoms with Crippen molar-refractivity contribution in [3.05, 3.63) is 53.5 Å². The maximum absolute atomic E-state index is 12.3. The van der Waals surface area contributed by atoms with Crippen LogP contribution in [0.25, 0.3) is 10.9 Å². The highest BCUT2D eigenvalue weighted by atomic mass is 16.5. The van der Waals surface area contributed by atoms with Crippen LogP contribution >= 0.6 is 0 Å². The second-order valence-electron chi connectivity index (χ2n) is 6.11. The summed E-state index contributed by atoms with van der Waals surface area (Å²) < 4.78 is 10.6. The van der Waals surface area contributed by atoms with Crippen molar-refractivity contribution in [3.63, 3.8) is 0 Å². The Morgan fingerprint density at radius 3 is 3.04 bits per heavy atom. The van der Waals surface area contributed by atoms with Gasteiger partial charge in [-0.2, -0.15) is 0 Å². The third-order valence-electron chi connectivity index (χ3n) is 4.40. The average molecular weight is 340 g/mol. The summed E-state index contributed by atoms with van der Waals surface area (Å²) in [5.74, 6) is 0.462. The molecule has 1 saturated heterocycles. The number of amides is 1. The maximum Gasteiger partial charge on any atom is 0.273 e. The summed E-state index contributed by atoms with van der Waals surface area (Å²) >= 11 is 0. The van der Waals surface area contributed by atoms with E-state index in [9.17, 15) is 4.79 Å². The lowest BCUT2D eigenvalue weighted by molar-refractivity contribution is 0.0305. The Bertz CT molecular complexity index is 864. The SMILES string of the molecule is O=C(NCc1cccc2[nH]ccc12)c1cc(CN2CCOCC2)on1. The van der Waals surface area contributed by atoms with Gasteiger partial charge in [-0.3, -0.25) is 9.69 Å². The first-order chi connectivity index (χ1) is 12.3. The van der Waals surface area contributed by atoms with Gasteiger partial charge in [-0.25, -0.2) is 0 Å². The van der Waals surface area contributed by atoms with Crippen LogP contribution in [0, 0.1) is 0 Å². The van der Waals surface area contributed by atoms with E-state index in [1.807, 2.05) is 30.5 Å². The highest BCUT2D eigenvalue weighted by Crippen LogP contribution is 2.17. The molecule has 25 heavy (non-hydrogen) atoms. The first-order valence-corrected chi connectivity index (χ1v) is 8.38. The average Bonchev–Trinajstić information content (AvgIpc) is 3.30. The molecule has 0 atom stereocenters. The number of nitrogens with one attached hydrogen (secondary N) is 2. The van der Waals surface area contributed by atoms with Crippen molar-refractivity contribution in [2.24, 2.45) is 0 Å². The number of hydrogen-bond donors (Lipinski definition) is 2. The minimum absolute atomic E-state index is 0.232. The fourth-order valence-corrected chi connectivity index (χ4v) is 3.04. The van der Waals surface area contributed by atoms with Crippen LogP contribution in [0.1, 0.15) is 21.8 Å². The van der Waals surface area contributed by atoms with E-state index in [1.54, 1.807) is 6.07 Å². The molecule has 7 nitrogen and oxygen atoms in total. The number of H-pyrrole nitrogens is 1. The van der Waals surface area contributed by atoms with Gasteiger partial charge < -0.3 is 19.6 Å². The minimum Gasteiger partial charge on any atom is -0.379 e. The first kappa shape index (κ1) is 15.9. The van der Waals surface area contributed by atoms with Crippen LogP contribution in [0.5, 0.6) is 0 Å². The molecule has 0 aliphatic carbocycles. The minimum atomic E-state index is -0.232. The van der Waals surface area contributed by atoms with Crippen molar-refractivity contribution in [1.82, 2.24) is 20.4 Å². The lowest BCUT2D eigenvalue weighted by Gasteiger charge is -2.25. The summed E-state index contributed by atoms with van der Waals surface area (Å²) in [6.07, 6.45) is 1.89. The molecule has 1 aliphatic rings. The Labute approximate surface area is 144 Å². The quantitative estimate of drug-likeness (QED) is 0.741. The number of rotatable bonds is 5. The predicted octanol–water partition coefficient (Wildman–Crippen LogP) is 1.92. The highest BCUT2D eigenvalue weighted by molar-refractivity contribution is 5.92. The molecule has 2 N–H and O–H groups in total. The molecule has 4 rings (SSSR count). The van der Waals surface area contributed by atoms with Crippen LogP contribution in [0.4, 0.5) is 0 Å². The molecule has 2 aromatic heterocycles. The van der Waals surface area contributed by atoms with Crippen molar-refractivity contribution in [3.8, 4) is 0 Å². The molecular weight excluding hydrogens is 320 g/mol. The molecule has 0 radical (unpaired) electrons. The number of nitrogens with zero attached hydrogens (tertiary/aromatic N) is 2. The van der Waals surface area contributed by atoms with Gasteiger partial charge in [0, 0.05) is 42.8 Å². The van der Waals surface area contributed by atoms with Crippen molar-refractivity contribution in [2.75, 3.05) is 26.3 Å². The zero-order chi connectivity index (χ0) is 17.1. The third kappa shape index (κ3) is 3.57. The number of carbonyl (C=O) groups excluding carboxylic acids is 1. The largest absolute Gasteiger partial charge is 0.379 e. The zero-order valence-corrected chi connectivity index (χ0v) is 13.8. The molecule has 3 aromatic rings. The van der Waals surface area contributed by atoms with E-state index in [2.05, 4.69) is 20.4 Å². The number of aromatic nitrogens is 2. The summed E-state index contributed by atoms with van der Waals surface area (Å²) in [4.78, 5) is 17.7. The van der Waals surface area contributed by atoms with Crippen LogP contribution in [0.15, 0.2) is 41.1 Å². The Morgan fingerprint density at radius 1 is 1.28 bits per heavy atom. The fraction of sp³-hybridized carbons (Fsp3) is 0.333. The number of carbonyl (C=O) groups is 1. The van der Waals surface area contributed by atoms with Gasteiger partial charge in [-0.05, 0) is 17.7 Å². The molecule has 0 saturated carbocycles. The highest BCUT2D eigenvalue weighted by Gasteiger charge is 2.16. The Balaban J connectivity index is 1.37. The van der Waals surface area contributed by atoms with Crippen LogP contribution < -0.4 is 5.32 Å². The standard InChI is InChI=1S/C18H20N4O3/c23-18(20-11-13-2-1-3-16-15(13)4-5-19-16)17-10-14(25-21-17)12-22-6-8-24-9-7-22/h1-5,10,19H,6-9,11-12H2,(H,20,23). The van der Waals surface area contributed by atoms with E-state index < -0.39 is 0 Å². The molecule has 1 amide bonds. The van der Waals surface area contributed by atoms with Crippen LogP contribution in [-0.4, -0.2) is 47.3 Å². The Morgan fingerprint density at radius 2 is 2.16 bits per heavy atom. The van der Waals surface area contributed by atoms with E-state index in [0.717, 1.165) is 42.8 Å². The van der Waals surface area contributed by atoms with E-state index in [0.29, 0.717) is 24.5 Å². The molecule has 7 heteroatoms. The Kier molecular flexibility index (Phi) is 4.49. The van der Waals surface area contributed by atoms with Gasteiger partial charge in [0.2, 0.25) is 0 Å². The molecule has 1 aromatic carbocycles. The topological polar surface area (TPSA) is 83.4 Å². The molecule has 0 spiro atoms. The van der Waals surface area contributed by atoms with Gasteiger partial charge in [-0.1, -0.05) is 17.3 Å². The van der Waals surface area contributed by atoms with Crippen LogP contribution in [-0.2, 0) is 17.8 Å². The van der Waals surface area contributed by atoms with Crippen molar-refractivity contribution >= 4 is 16.8 Å². The maximum atomic E-state index is 12.3. The molecule has 0 unspecified atom stereocenters. The number of hydrogen-bond acceptors (Lipinski definition) is 5. The van der Waals surface area contributed by atoms with E-state index in [1.165, 1.54) is 0 Å². The first-order valence-electron chi connectivity index (χ1n) is 8.38. The lowest BCUT2D eigenvalue weighted by Crippen LogP contribution is -2.35. The van der Waals surface area contributed by atoms with E-state index >= 15 is 0 Å². The number of aromatic amines is 1. The van der Waals surface area contributed by atoms with Gasteiger partial charge in [0.15, 0.2) is 11.5 Å². The van der Waals surface area contributed by atoms with E-state index in [4.69, 9.17) is 9.26 Å². The number of morpholine rings is 1. The molecular formula is C18H20N4O3. The van der Waals surface area contributed by atoms with Crippen molar-refractivity contribution in [1.29, 1.82) is 0 Å². The smallest absolute Gasteiger partial charge is 0.273 e. The van der Waals surface area contributed by atoms with Gasteiger partial charge in [-0.15, -0.1) is 0 Å². The van der Waals surface area contributed by atoms with Crippen LogP contribution in [0.3, 0.4) is 0 Å². The second-order valence-corrected chi connectivity index (χ2v) is 6.11. The normalized spacial score (nSPS) is 15.5. The summed E-state index contributed by atoms with van der Waals surface area (Å²) in [6, 6.07) is 9.70. The molecule has 1 aliphatic heterocycles. The zero-order valence-electron chi connectivity index (χ0n) is 13.8. The number of benzene rings is 1. The lowest BCUT2D eigenvalue weighted by atomic mass is 10.1. The third-order valence-corrected chi connectivity index (χ3v) is 4.40. The molecule has 1 fully saturated rings. The number of fused-ring (bicyclic) bond motifs is 1. The monoisotopic (exact) mass is 340 g/mol. The summed E-state index contributed by atoms with van der Waals surface area (Å²) in [7, 11) is 0. The van der Waals surface area contributed by atoms with Crippen molar-refractivity contribution in [2.45, 2.75) is 13.1 Å². The summed E-state index contributed by atoms with van der Waals surface area (Å²) in [6.45, 7) is 4.27. The van der Waals surface area contributed by atoms with E-state index in [-0.39, 0.29) is 5.91 Å². The van der Waals surface area contributed by atoms with Crippen LogP contribution in [0.2, 0.25) is 0 Å². The molecule has 0 bridgehead atoms. The van der Waals surface area contributed by atoms with Crippen molar-refractivity contribution < 1.29 is 14.1 Å². The van der Waals surface area contributed by atoms with Gasteiger partial charge in [0.1, 0.15) is 0 Å². The van der Waals surface area contributed by atoms with Gasteiger partial charge >= 0.3 is 0 Å². The molecule has 130 valence electrons. The second kappa shape index (κ2) is 7.08. The van der Waals surface area contributed by atoms with Gasteiger partial charge in [0.25, 0.3) is 5.91 Å². The predicted molar refractivity (Wildman–Crippen MR) is 92.1 cm³/mol.